The minimum absolute atomic E-state index is 0.101. The van der Waals surface area contributed by atoms with Crippen molar-refractivity contribution >= 4 is 6.09 Å². The molecule has 19 heavy (non-hydrogen) atoms. The fourth-order valence-electron chi connectivity index (χ4n) is 2.48. The standard InChI is InChI=1S/C15H22N2O2/c1-11-12(7-5-9-16-11)13-8-6-10-17(13)14(18)19-15(2,3)4/h5,7,9,13H,6,8,10H2,1-4H3/t13-/m1/s1. The van der Waals surface area contributed by atoms with E-state index in [0.717, 1.165) is 30.6 Å². The molecule has 2 heterocycles. The van der Waals surface area contributed by atoms with Gasteiger partial charge >= 0.3 is 6.09 Å². The van der Waals surface area contributed by atoms with E-state index in [4.69, 9.17) is 4.74 Å². The van der Waals surface area contributed by atoms with Crippen molar-refractivity contribution in [1.29, 1.82) is 0 Å². The van der Waals surface area contributed by atoms with Crippen LogP contribution in [0.25, 0.3) is 0 Å². The van der Waals surface area contributed by atoms with Crippen LogP contribution in [0, 0.1) is 6.92 Å². The summed E-state index contributed by atoms with van der Waals surface area (Å²) in [6, 6.07) is 4.08. The summed E-state index contributed by atoms with van der Waals surface area (Å²) in [6.07, 6.45) is 3.55. The van der Waals surface area contributed by atoms with Gasteiger partial charge < -0.3 is 9.64 Å². The Morgan fingerprint density at radius 2 is 2.21 bits per heavy atom. The summed E-state index contributed by atoms with van der Waals surface area (Å²) in [6.45, 7) is 8.43. The largest absolute Gasteiger partial charge is 0.444 e. The van der Waals surface area contributed by atoms with Gasteiger partial charge in [0, 0.05) is 18.4 Å². The summed E-state index contributed by atoms with van der Waals surface area (Å²) in [5.74, 6) is 0. The van der Waals surface area contributed by atoms with E-state index in [0.29, 0.717) is 0 Å². The average Bonchev–Trinajstić information content (AvgIpc) is 2.76. The lowest BCUT2D eigenvalue weighted by Crippen LogP contribution is -2.36. The van der Waals surface area contributed by atoms with Crippen LogP contribution in [0.1, 0.15) is 50.9 Å². The van der Waals surface area contributed by atoms with Crippen molar-refractivity contribution in [1.82, 2.24) is 9.88 Å². The van der Waals surface area contributed by atoms with Crippen LogP contribution in [0.5, 0.6) is 0 Å². The molecule has 104 valence electrons. The number of carbonyl (C=O) groups is 1. The number of aryl methyl sites for hydroxylation is 1. The van der Waals surface area contributed by atoms with Crippen LogP contribution >= 0.6 is 0 Å². The molecule has 0 bridgehead atoms. The number of aromatic nitrogens is 1. The molecule has 0 aromatic carbocycles. The second-order valence-corrected chi connectivity index (χ2v) is 6.01. The summed E-state index contributed by atoms with van der Waals surface area (Å²) < 4.78 is 5.48. The molecule has 1 aliphatic rings. The van der Waals surface area contributed by atoms with Crippen LogP contribution in [0.15, 0.2) is 18.3 Å². The maximum Gasteiger partial charge on any atom is 0.410 e. The number of hydrogen-bond acceptors (Lipinski definition) is 3. The Kier molecular flexibility index (Phi) is 3.78. The summed E-state index contributed by atoms with van der Waals surface area (Å²) in [5, 5.41) is 0. The molecule has 1 atom stereocenters. The Bertz CT molecular complexity index is 465. The molecular formula is C15H22N2O2. The minimum atomic E-state index is -0.450. The molecule has 0 N–H and O–H groups in total. The van der Waals surface area contributed by atoms with Crippen LogP contribution < -0.4 is 0 Å². The van der Waals surface area contributed by atoms with Crippen LogP contribution in [0.2, 0.25) is 0 Å². The number of amides is 1. The highest BCUT2D eigenvalue weighted by Gasteiger charge is 2.33. The smallest absolute Gasteiger partial charge is 0.410 e. The fraction of sp³-hybridized carbons (Fsp3) is 0.600. The first kappa shape index (κ1) is 13.8. The molecule has 1 aliphatic heterocycles. The average molecular weight is 262 g/mol. The van der Waals surface area contributed by atoms with E-state index in [1.807, 2.05) is 38.7 Å². The summed E-state index contributed by atoms with van der Waals surface area (Å²) >= 11 is 0. The number of nitrogens with zero attached hydrogens (tertiary/aromatic N) is 2. The van der Waals surface area contributed by atoms with Gasteiger partial charge in [0.2, 0.25) is 0 Å². The van der Waals surface area contributed by atoms with E-state index >= 15 is 0 Å². The van der Waals surface area contributed by atoms with Crippen LogP contribution in [0.3, 0.4) is 0 Å². The number of likely N-dealkylation sites (tertiary alicyclic amines) is 1. The molecule has 0 saturated carbocycles. The van der Waals surface area contributed by atoms with Gasteiger partial charge in [-0.1, -0.05) is 6.07 Å². The summed E-state index contributed by atoms with van der Waals surface area (Å²) in [4.78, 5) is 18.4. The second kappa shape index (κ2) is 5.19. The molecule has 2 rings (SSSR count). The normalized spacial score (nSPS) is 19.6. The quantitative estimate of drug-likeness (QED) is 0.778. The first-order valence-electron chi connectivity index (χ1n) is 6.79. The third-order valence-electron chi connectivity index (χ3n) is 3.29. The van der Waals surface area contributed by atoms with Crippen molar-refractivity contribution in [3.63, 3.8) is 0 Å². The van der Waals surface area contributed by atoms with E-state index in [1.165, 1.54) is 0 Å². The van der Waals surface area contributed by atoms with Crippen LogP contribution in [-0.4, -0.2) is 28.1 Å². The lowest BCUT2D eigenvalue weighted by Gasteiger charge is -2.29. The van der Waals surface area contributed by atoms with E-state index in [-0.39, 0.29) is 12.1 Å². The third kappa shape index (κ3) is 3.25. The van der Waals surface area contributed by atoms with Crippen LogP contribution in [-0.2, 0) is 4.74 Å². The van der Waals surface area contributed by atoms with E-state index < -0.39 is 5.60 Å². The number of hydrogen-bond donors (Lipinski definition) is 0. The van der Waals surface area contributed by atoms with E-state index in [2.05, 4.69) is 11.1 Å². The first-order valence-corrected chi connectivity index (χ1v) is 6.79. The van der Waals surface area contributed by atoms with Crippen molar-refractivity contribution in [2.24, 2.45) is 0 Å². The van der Waals surface area contributed by atoms with Crippen LogP contribution in [0.4, 0.5) is 4.79 Å². The molecule has 1 aromatic heterocycles. The molecular weight excluding hydrogens is 240 g/mol. The lowest BCUT2D eigenvalue weighted by atomic mass is 10.0. The molecule has 1 aromatic rings. The Hall–Kier alpha value is -1.58. The highest BCUT2D eigenvalue weighted by atomic mass is 16.6. The predicted molar refractivity (Wildman–Crippen MR) is 73.9 cm³/mol. The molecule has 0 radical (unpaired) electrons. The van der Waals surface area contributed by atoms with E-state index in [9.17, 15) is 4.79 Å². The SMILES string of the molecule is Cc1ncccc1[C@H]1CCCN1C(=O)OC(C)(C)C. The maximum atomic E-state index is 12.2. The Labute approximate surface area is 114 Å². The minimum Gasteiger partial charge on any atom is -0.444 e. The van der Waals surface area contributed by atoms with Gasteiger partial charge in [0.1, 0.15) is 5.60 Å². The highest BCUT2D eigenvalue weighted by molar-refractivity contribution is 5.69. The number of rotatable bonds is 1. The Morgan fingerprint density at radius 1 is 1.47 bits per heavy atom. The molecule has 4 heteroatoms. The second-order valence-electron chi connectivity index (χ2n) is 6.01. The molecule has 0 spiro atoms. The number of pyridine rings is 1. The molecule has 1 amide bonds. The fourth-order valence-corrected chi connectivity index (χ4v) is 2.48. The van der Waals surface area contributed by atoms with Gasteiger partial charge in [-0.15, -0.1) is 0 Å². The van der Waals surface area contributed by atoms with Gasteiger partial charge in [-0.05, 0) is 52.2 Å². The summed E-state index contributed by atoms with van der Waals surface area (Å²) in [5.41, 5.74) is 1.67. The Balaban J connectivity index is 2.18. The van der Waals surface area contributed by atoms with Crippen molar-refractivity contribution in [3.05, 3.63) is 29.6 Å². The van der Waals surface area contributed by atoms with Gasteiger partial charge in [-0.2, -0.15) is 0 Å². The number of carbonyl (C=O) groups excluding carboxylic acids is 1. The van der Waals surface area contributed by atoms with Gasteiger partial charge in [0.25, 0.3) is 0 Å². The van der Waals surface area contributed by atoms with Crippen molar-refractivity contribution < 1.29 is 9.53 Å². The zero-order chi connectivity index (χ0) is 14.0. The lowest BCUT2D eigenvalue weighted by molar-refractivity contribution is 0.0224. The van der Waals surface area contributed by atoms with Crippen molar-refractivity contribution in [2.45, 2.75) is 52.2 Å². The summed E-state index contributed by atoms with van der Waals surface area (Å²) in [7, 11) is 0. The molecule has 0 aliphatic carbocycles. The Morgan fingerprint density at radius 3 is 2.84 bits per heavy atom. The maximum absolute atomic E-state index is 12.2. The topological polar surface area (TPSA) is 42.4 Å². The number of ether oxygens (including phenoxy) is 1. The predicted octanol–water partition coefficient (Wildman–Crippen LogP) is 3.46. The van der Waals surface area contributed by atoms with Gasteiger partial charge in [0.15, 0.2) is 0 Å². The zero-order valence-corrected chi connectivity index (χ0v) is 12.1. The molecule has 1 saturated heterocycles. The van der Waals surface area contributed by atoms with Gasteiger partial charge in [-0.25, -0.2) is 4.79 Å². The zero-order valence-electron chi connectivity index (χ0n) is 12.1. The van der Waals surface area contributed by atoms with Crippen molar-refractivity contribution in [2.75, 3.05) is 6.54 Å². The van der Waals surface area contributed by atoms with Gasteiger partial charge in [-0.3, -0.25) is 4.98 Å². The third-order valence-corrected chi connectivity index (χ3v) is 3.29. The monoisotopic (exact) mass is 262 g/mol. The highest BCUT2D eigenvalue weighted by Crippen LogP contribution is 2.34. The van der Waals surface area contributed by atoms with Crippen molar-refractivity contribution in [3.8, 4) is 0 Å². The first-order chi connectivity index (χ1) is 8.88. The molecule has 4 nitrogen and oxygen atoms in total. The van der Waals surface area contributed by atoms with E-state index in [1.54, 1.807) is 6.20 Å². The van der Waals surface area contributed by atoms with Gasteiger partial charge in [0.05, 0.1) is 6.04 Å². The molecule has 1 fully saturated rings. The molecule has 0 unspecified atom stereocenters.